The lowest BCUT2D eigenvalue weighted by atomic mass is 10.1. The Hall–Kier alpha value is -1.55. The van der Waals surface area contributed by atoms with Gasteiger partial charge in [0, 0.05) is 25.3 Å². The number of fused-ring (bicyclic) bond motifs is 1. The summed E-state index contributed by atoms with van der Waals surface area (Å²) in [5, 5.41) is 3.40. The number of nitrogens with zero attached hydrogens (tertiary/aromatic N) is 2. The van der Waals surface area contributed by atoms with Gasteiger partial charge in [0.05, 0.1) is 0 Å². The van der Waals surface area contributed by atoms with E-state index in [1.165, 1.54) is 18.5 Å². The molecule has 90 valence electrons. The fourth-order valence-electron chi connectivity index (χ4n) is 2.44. The topological polar surface area (TPSA) is 41.3 Å². The Morgan fingerprint density at radius 2 is 2.47 bits per heavy atom. The summed E-state index contributed by atoms with van der Waals surface area (Å²) in [5.41, 5.74) is 2.98. The van der Waals surface area contributed by atoms with Crippen molar-refractivity contribution in [3.8, 4) is 0 Å². The van der Waals surface area contributed by atoms with Crippen molar-refractivity contribution in [2.24, 2.45) is 5.92 Å². The Bertz CT molecular complexity index is 502. The molecule has 4 nitrogen and oxygen atoms in total. The van der Waals surface area contributed by atoms with Gasteiger partial charge in [-0.25, -0.2) is 4.98 Å². The highest BCUT2D eigenvalue weighted by Gasteiger charge is 2.16. The molecule has 2 heterocycles. The molecule has 3 rings (SSSR count). The minimum atomic E-state index is 0.755. The van der Waals surface area contributed by atoms with Gasteiger partial charge in [0.15, 0.2) is 12.0 Å². The van der Waals surface area contributed by atoms with Crippen molar-refractivity contribution in [2.45, 2.75) is 6.42 Å². The minimum absolute atomic E-state index is 0.755. The van der Waals surface area contributed by atoms with Gasteiger partial charge in [-0.3, -0.25) is 0 Å². The monoisotopic (exact) mass is 231 g/mol. The van der Waals surface area contributed by atoms with Crippen LogP contribution in [0.15, 0.2) is 29.0 Å². The van der Waals surface area contributed by atoms with Crippen molar-refractivity contribution < 1.29 is 4.42 Å². The summed E-state index contributed by atoms with van der Waals surface area (Å²) in [7, 11) is 2.13. The summed E-state index contributed by atoms with van der Waals surface area (Å²) in [6, 6.07) is 6.18. The van der Waals surface area contributed by atoms with Crippen LogP contribution in [-0.4, -0.2) is 31.7 Å². The zero-order valence-corrected chi connectivity index (χ0v) is 10.0. The average Bonchev–Trinajstić information content (AvgIpc) is 2.97. The van der Waals surface area contributed by atoms with E-state index in [4.69, 9.17) is 4.42 Å². The SMILES string of the molecule is CN(CC1CCNC1)c1ccc2ncoc2c1. The molecule has 0 radical (unpaired) electrons. The van der Waals surface area contributed by atoms with Gasteiger partial charge in [-0.05, 0) is 37.6 Å². The van der Waals surface area contributed by atoms with E-state index in [1.807, 2.05) is 6.07 Å². The van der Waals surface area contributed by atoms with Crippen LogP contribution in [0.1, 0.15) is 6.42 Å². The maximum Gasteiger partial charge on any atom is 0.181 e. The van der Waals surface area contributed by atoms with Gasteiger partial charge < -0.3 is 14.6 Å². The molecule has 1 aromatic carbocycles. The van der Waals surface area contributed by atoms with Gasteiger partial charge in [-0.15, -0.1) is 0 Å². The van der Waals surface area contributed by atoms with Crippen LogP contribution in [0.4, 0.5) is 5.69 Å². The van der Waals surface area contributed by atoms with Gasteiger partial charge in [-0.1, -0.05) is 0 Å². The van der Waals surface area contributed by atoms with Crippen LogP contribution < -0.4 is 10.2 Å². The third-order valence-corrected chi connectivity index (χ3v) is 3.45. The van der Waals surface area contributed by atoms with E-state index in [2.05, 4.69) is 34.4 Å². The normalized spacial score (nSPS) is 19.9. The minimum Gasteiger partial charge on any atom is -0.443 e. The van der Waals surface area contributed by atoms with Crippen molar-refractivity contribution in [3.63, 3.8) is 0 Å². The summed E-state index contributed by atoms with van der Waals surface area (Å²) in [6.07, 6.45) is 2.77. The van der Waals surface area contributed by atoms with Crippen molar-refractivity contribution >= 4 is 16.8 Å². The highest BCUT2D eigenvalue weighted by atomic mass is 16.3. The fraction of sp³-hybridized carbons (Fsp3) is 0.462. The Kier molecular flexibility index (Phi) is 2.73. The Balaban J connectivity index is 1.77. The van der Waals surface area contributed by atoms with Crippen molar-refractivity contribution in [1.29, 1.82) is 0 Å². The molecule has 1 saturated heterocycles. The molecular weight excluding hydrogens is 214 g/mol. The maximum absolute atomic E-state index is 5.33. The van der Waals surface area contributed by atoms with Crippen LogP contribution in [-0.2, 0) is 0 Å². The average molecular weight is 231 g/mol. The second-order valence-corrected chi connectivity index (χ2v) is 4.74. The summed E-state index contributed by atoms with van der Waals surface area (Å²) in [6.45, 7) is 3.38. The van der Waals surface area contributed by atoms with E-state index in [0.29, 0.717) is 0 Å². The molecule has 1 N–H and O–H groups in total. The summed E-state index contributed by atoms with van der Waals surface area (Å²) >= 11 is 0. The van der Waals surface area contributed by atoms with Crippen LogP contribution in [0.2, 0.25) is 0 Å². The highest BCUT2D eigenvalue weighted by Crippen LogP contribution is 2.22. The number of oxazole rings is 1. The molecule has 1 aliphatic rings. The van der Waals surface area contributed by atoms with E-state index < -0.39 is 0 Å². The number of anilines is 1. The molecule has 0 bridgehead atoms. The third-order valence-electron chi connectivity index (χ3n) is 3.45. The number of aromatic nitrogens is 1. The van der Waals surface area contributed by atoms with Crippen LogP contribution in [0.5, 0.6) is 0 Å². The van der Waals surface area contributed by atoms with Gasteiger partial charge in [0.2, 0.25) is 0 Å². The summed E-state index contributed by atoms with van der Waals surface area (Å²) in [4.78, 5) is 6.42. The number of hydrogen-bond acceptors (Lipinski definition) is 4. The number of benzene rings is 1. The van der Waals surface area contributed by atoms with Crippen LogP contribution in [0, 0.1) is 5.92 Å². The molecule has 17 heavy (non-hydrogen) atoms. The predicted molar refractivity (Wildman–Crippen MR) is 68.3 cm³/mol. The lowest BCUT2D eigenvalue weighted by Crippen LogP contribution is -2.26. The van der Waals surface area contributed by atoms with Gasteiger partial charge in [0.25, 0.3) is 0 Å². The van der Waals surface area contributed by atoms with Crippen molar-refractivity contribution in [2.75, 3.05) is 31.6 Å². The first-order chi connectivity index (χ1) is 8.33. The molecule has 4 heteroatoms. The molecule has 1 aromatic heterocycles. The van der Waals surface area contributed by atoms with E-state index >= 15 is 0 Å². The first-order valence-electron chi connectivity index (χ1n) is 6.08. The van der Waals surface area contributed by atoms with E-state index in [-0.39, 0.29) is 0 Å². The smallest absolute Gasteiger partial charge is 0.181 e. The molecule has 1 unspecified atom stereocenters. The quantitative estimate of drug-likeness (QED) is 0.875. The first kappa shape index (κ1) is 10.6. The predicted octanol–water partition coefficient (Wildman–Crippen LogP) is 1.87. The van der Waals surface area contributed by atoms with Crippen LogP contribution >= 0.6 is 0 Å². The van der Waals surface area contributed by atoms with Crippen LogP contribution in [0.3, 0.4) is 0 Å². The Morgan fingerprint density at radius 3 is 3.29 bits per heavy atom. The molecule has 0 amide bonds. The maximum atomic E-state index is 5.33. The highest BCUT2D eigenvalue weighted by molar-refractivity contribution is 5.76. The van der Waals surface area contributed by atoms with E-state index in [9.17, 15) is 0 Å². The van der Waals surface area contributed by atoms with E-state index in [0.717, 1.165) is 36.7 Å². The standard InChI is InChI=1S/C13H17N3O/c1-16(8-10-4-5-14-7-10)11-2-3-12-13(6-11)17-9-15-12/h2-3,6,9-10,14H,4-5,7-8H2,1H3. The fourth-order valence-corrected chi connectivity index (χ4v) is 2.44. The summed E-state index contributed by atoms with van der Waals surface area (Å²) in [5.74, 6) is 0.755. The second-order valence-electron chi connectivity index (χ2n) is 4.74. The molecule has 0 spiro atoms. The Labute approximate surface area is 101 Å². The zero-order chi connectivity index (χ0) is 11.7. The molecule has 2 aromatic rings. The largest absolute Gasteiger partial charge is 0.443 e. The lowest BCUT2D eigenvalue weighted by Gasteiger charge is -2.22. The van der Waals surface area contributed by atoms with Crippen LogP contribution in [0.25, 0.3) is 11.1 Å². The second kappa shape index (κ2) is 4.37. The van der Waals surface area contributed by atoms with E-state index in [1.54, 1.807) is 0 Å². The number of rotatable bonds is 3. The zero-order valence-electron chi connectivity index (χ0n) is 10.0. The van der Waals surface area contributed by atoms with Gasteiger partial charge >= 0.3 is 0 Å². The molecule has 0 aliphatic carbocycles. The van der Waals surface area contributed by atoms with Gasteiger partial charge in [-0.2, -0.15) is 0 Å². The number of hydrogen-bond donors (Lipinski definition) is 1. The Morgan fingerprint density at radius 1 is 1.53 bits per heavy atom. The third kappa shape index (κ3) is 2.13. The van der Waals surface area contributed by atoms with Crippen molar-refractivity contribution in [3.05, 3.63) is 24.6 Å². The van der Waals surface area contributed by atoms with Crippen molar-refractivity contribution in [1.82, 2.24) is 10.3 Å². The number of nitrogens with one attached hydrogen (secondary N) is 1. The molecular formula is C13H17N3O. The lowest BCUT2D eigenvalue weighted by molar-refractivity contribution is 0.577. The molecule has 1 fully saturated rings. The first-order valence-corrected chi connectivity index (χ1v) is 6.08. The van der Waals surface area contributed by atoms with Gasteiger partial charge in [0.1, 0.15) is 5.52 Å². The summed E-state index contributed by atoms with van der Waals surface area (Å²) < 4.78 is 5.33. The molecule has 1 atom stereocenters. The molecule has 0 saturated carbocycles. The molecule has 1 aliphatic heterocycles.